The molecule has 0 spiro atoms. The minimum atomic E-state index is -0.223. The minimum Gasteiger partial charge on any atom is -0.342 e. The molecule has 2 heterocycles. The Hall–Kier alpha value is -3.01. The summed E-state index contributed by atoms with van der Waals surface area (Å²) in [5, 5.41) is 0. The molecular formula is C26H27FN2O. The number of hydrogen-bond donors (Lipinski definition) is 0. The second-order valence-electron chi connectivity index (χ2n) is 8.02. The first-order valence-corrected chi connectivity index (χ1v) is 10.7. The second kappa shape index (κ2) is 9.66. The first-order chi connectivity index (χ1) is 14.7. The Morgan fingerprint density at radius 2 is 1.77 bits per heavy atom. The van der Waals surface area contributed by atoms with Crippen molar-refractivity contribution in [1.82, 2.24) is 9.88 Å². The molecule has 1 aliphatic rings. The zero-order valence-electron chi connectivity index (χ0n) is 17.1. The minimum absolute atomic E-state index is 0.223. The summed E-state index contributed by atoms with van der Waals surface area (Å²) in [7, 11) is 0. The van der Waals surface area contributed by atoms with Crippen molar-refractivity contribution in [2.45, 2.75) is 38.0 Å². The van der Waals surface area contributed by atoms with E-state index in [0.717, 1.165) is 49.3 Å². The van der Waals surface area contributed by atoms with E-state index in [1.807, 2.05) is 35.2 Å². The van der Waals surface area contributed by atoms with Crippen molar-refractivity contribution >= 4 is 5.91 Å². The number of halogens is 1. The van der Waals surface area contributed by atoms with Crippen molar-refractivity contribution < 1.29 is 9.18 Å². The molecular weight excluding hydrogens is 375 g/mol. The lowest BCUT2D eigenvalue weighted by Gasteiger charge is -2.32. The largest absolute Gasteiger partial charge is 0.342 e. The number of piperidine rings is 1. The molecule has 0 N–H and O–H groups in total. The van der Waals surface area contributed by atoms with Crippen LogP contribution in [0, 0.1) is 5.82 Å². The Morgan fingerprint density at radius 3 is 2.57 bits per heavy atom. The van der Waals surface area contributed by atoms with Gasteiger partial charge in [-0.25, -0.2) is 4.39 Å². The predicted molar refractivity (Wildman–Crippen MR) is 117 cm³/mol. The molecule has 1 saturated heterocycles. The first-order valence-electron chi connectivity index (χ1n) is 10.7. The van der Waals surface area contributed by atoms with E-state index in [4.69, 9.17) is 4.98 Å². The van der Waals surface area contributed by atoms with Gasteiger partial charge in [-0.2, -0.15) is 0 Å². The first kappa shape index (κ1) is 20.3. The molecule has 4 rings (SSSR count). The number of pyridine rings is 1. The summed E-state index contributed by atoms with van der Waals surface area (Å²) in [6.45, 7) is 1.57. The van der Waals surface area contributed by atoms with Crippen molar-refractivity contribution in [2.24, 2.45) is 0 Å². The topological polar surface area (TPSA) is 33.2 Å². The summed E-state index contributed by atoms with van der Waals surface area (Å²) in [5.41, 5.74) is 4.28. The van der Waals surface area contributed by atoms with Gasteiger partial charge in [0, 0.05) is 43.2 Å². The summed E-state index contributed by atoms with van der Waals surface area (Å²) in [6.07, 6.45) is 4.07. The molecule has 1 aliphatic heterocycles. The van der Waals surface area contributed by atoms with Crippen LogP contribution < -0.4 is 0 Å². The van der Waals surface area contributed by atoms with Gasteiger partial charge in [0.05, 0.1) is 0 Å². The number of aryl methyl sites for hydroxylation is 1. The van der Waals surface area contributed by atoms with Gasteiger partial charge in [0.1, 0.15) is 5.82 Å². The lowest BCUT2D eigenvalue weighted by molar-refractivity contribution is -0.132. The van der Waals surface area contributed by atoms with E-state index in [2.05, 4.69) is 18.2 Å². The highest BCUT2D eigenvalue weighted by atomic mass is 19.1. The number of benzene rings is 2. The molecule has 0 radical (unpaired) electrons. The van der Waals surface area contributed by atoms with E-state index in [9.17, 15) is 9.18 Å². The molecule has 154 valence electrons. The predicted octanol–water partition coefficient (Wildman–Crippen LogP) is 5.15. The maximum atomic E-state index is 13.1. The summed E-state index contributed by atoms with van der Waals surface area (Å²) >= 11 is 0. The van der Waals surface area contributed by atoms with Crippen molar-refractivity contribution in [3.05, 3.63) is 101 Å². The maximum absolute atomic E-state index is 13.1. The van der Waals surface area contributed by atoms with E-state index in [1.54, 1.807) is 12.1 Å². The van der Waals surface area contributed by atoms with Gasteiger partial charge in [-0.1, -0.05) is 48.5 Å². The number of likely N-dealkylation sites (tertiary alicyclic amines) is 1. The van der Waals surface area contributed by atoms with E-state index in [-0.39, 0.29) is 17.6 Å². The van der Waals surface area contributed by atoms with Gasteiger partial charge < -0.3 is 4.90 Å². The van der Waals surface area contributed by atoms with Crippen LogP contribution in [-0.2, 0) is 17.6 Å². The summed E-state index contributed by atoms with van der Waals surface area (Å²) in [4.78, 5) is 19.6. The Labute approximate surface area is 177 Å². The van der Waals surface area contributed by atoms with Gasteiger partial charge in [0.15, 0.2) is 0 Å². The van der Waals surface area contributed by atoms with Gasteiger partial charge in [-0.15, -0.1) is 0 Å². The van der Waals surface area contributed by atoms with Crippen molar-refractivity contribution in [3.63, 3.8) is 0 Å². The zero-order chi connectivity index (χ0) is 20.8. The maximum Gasteiger partial charge on any atom is 0.222 e. The second-order valence-corrected chi connectivity index (χ2v) is 8.02. The average Bonchev–Trinajstić information content (AvgIpc) is 2.80. The Balaban J connectivity index is 1.38. The SMILES string of the molecule is O=C(CCc1ccccc1)N1CCC[C@H](c2cccc(Cc3ccc(F)cc3)n2)C1. The van der Waals surface area contributed by atoms with Crippen LogP contribution in [0.4, 0.5) is 4.39 Å². The average molecular weight is 403 g/mol. The summed E-state index contributed by atoms with van der Waals surface area (Å²) in [6, 6.07) is 22.9. The molecule has 0 unspecified atom stereocenters. The summed E-state index contributed by atoms with van der Waals surface area (Å²) in [5.74, 6) is 0.276. The van der Waals surface area contributed by atoms with Crippen LogP contribution in [0.2, 0.25) is 0 Å². The third-order valence-electron chi connectivity index (χ3n) is 5.79. The lowest BCUT2D eigenvalue weighted by Crippen LogP contribution is -2.39. The van der Waals surface area contributed by atoms with Gasteiger partial charge in [0.2, 0.25) is 5.91 Å². The van der Waals surface area contributed by atoms with Gasteiger partial charge in [-0.3, -0.25) is 9.78 Å². The third-order valence-corrected chi connectivity index (χ3v) is 5.79. The van der Waals surface area contributed by atoms with Crippen LogP contribution in [-0.4, -0.2) is 28.9 Å². The number of carbonyl (C=O) groups is 1. The van der Waals surface area contributed by atoms with Crippen LogP contribution >= 0.6 is 0 Å². The highest BCUT2D eigenvalue weighted by molar-refractivity contribution is 5.76. The number of rotatable bonds is 6. The smallest absolute Gasteiger partial charge is 0.222 e. The summed E-state index contributed by atoms with van der Waals surface area (Å²) < 4.78 is 13.1. The fourth-order valence-electron chi connectivity index (χ4n) is 4.13. The van der Waals surface area contributed by atoms with E-state index in [0.29, 0.717) is 12.8 Å². The van der Waals surface area contributed by atoms with E-state index >= 15 is 0 Å². The monoisotopic (exact) mass is 402 g/mol. The van der Waals surface area contributed by atoms with E-state index < -0.39 is 0 Å². The van der Waals surface area contributed by atoms with Crippen LogP contribution in [0.1, 0.15) is 47.7 Å². The fourth-order valence-corrected chi connectivity index (χ4v) is 4.13. The molecule has 1 fully saturated rings. The van der Waals surface area contributed by atoms with Crippen LogP contribution in [0.25, 0.3) is 0 Å². The molecule has 3 aromatic rings. The molecule has 1 amide bonds. The van der Waals surface area contributed by atoms with Gasteiger partial charge >= 0.3 is 0 Å². The molecule has 0 saturated carbocycles. The number of aromatic nitrogens is 1. The molecule has 1 aromatic heterocycles. The lowest BCUT2D eigenvalue weighted by atomic mass is 9.93. The van der Waals surface area contributed by atoms with E-state index in [1.165, 1.54) is 17.7 Å². The highest BCUT2D eigenvalue weighted by Crippen LogP contribution is 2.26. The number of carbonyl (C=O) groups excluding carboxylic acids is 1. The standard InChI is InChI=1S/C26H27FN2O/c27-23-14-11-21(12-15-23)18-24-9-4-10-25(28-24)22-8-5-17-29(19-22)26(30)16-13-20-6-2-1-3-7-20/h1-4,6-7,9-12,14-15,22H,5,8,13,16-19H2/t22-/m0/s1. The Bertz CT molecular complexity index is 972. The van der Waals surface area contributed by atoms with Crippen LogP contribution in [0.3, 0.4) is 0 Å². The van der Waals surface area contributed by atoms with Crippen LogP contribution in [0.15, 0.2) is 72.8 Å². The normalized spacial score (nSPS) is 16.4. The van der Waals surface area contributed by atoms with Crippen molar-refractivity contribution in [3.8, 4) is 0 Å². The molecule has 0 bridgehead atoms. The zero-order valence-corrected chi connectivity index (χ0v) is 17.1. The molecule has 2 aromatic carbocycles. The van der Waals surface area contributed by atoms with Crippen LogP contribution in [0.5, 0.6) is 0 Å². The Kier molecular flexibility index (Phi) is 6.53. The number of nitrogens with zero attached hydrogens (tertiary/aromatic N) is 2. The van der Waals surface area contributed by atoms with Crippen molar-refractivity contribution in [1.29, 1.82) is 0 Å². The molecule has 4 heteroatoms. The highest BCUT2D eigenvalue weighted by Gasteiger charge is 2.25. The molecule has 1 atom stereocenters. The number of hydrogen-bond acceptors (Lipinski definition) is 2. The van der Waals surface area contributed by atoms with Gasteiger partial charge in [0.25, 0.3) is 0 Å². The van der Waals surface area contributed by atoms with Gasteiger partial charge in [-0.05, 0) is 54.7 Å². The molecule has 30 heavy (non-hydrogen) atoms. The molecule has 3 nitrogen and oxygen atoms in total. The fraction of sp³-hybridized carbons (Fsp3) is 0.308. The number of amides is 1. The third kappa shape index (κ3) is 5.32. The Morgan fingerprint density at radius 1 is 0.967 bits per heavy atom. The van der Waals surface area contributed by atoms with Crippen molar-refractivity contribution in [2.75, 3.05) is 13.1 Å². The molecule has 0 aliphatic carbocycles. The quantitative estimate of drug-likeness (QED) is 0.571.